The Morgan fingerprint density at radius 2 is 1.59 bits per heavy atom. The number of carbonyl (C=O) groups excluding carboxylic acids is 1. The summed E-state index contributed by atoms with van der Waals surface area (Å²) in [5, 5.41) is 2.88. The third-order valence-electron chi connectivity index (χ3n) is 2.56. The van der Waals surface area contributed by atoms with Gasteiger partial charge in [-0.05, 0) is 6.42 Å². The Balaban J connectivity index is 3.96. The molecule has 0 heterocycles. The Bertz CT molecular complexity index is 228. The Hall–Kier alpha value is -0.433. The third-order valence-corrected chi connectivity index (χ3v) is 5.39. The lowest BCUT2D eigenvalue weighted by atomic mass is 9.96. The van der Waals surface area contributed by atoms with Gasteiger partial charge in [0.2, 0.25) is 5.91 Å². The van der Waals surface area contributed by atoms with Crippen LogP contribution in [0.25, 0.3) is 0 Å². The van der Waals surface area contributed by atoms with Crippen LogP contribution in [-0.2, 0) is 18.1 Å². The van der Waals surface area contributed by atoms with Crippen molar-refractivity contribution in [3.05, 3.63) is 0 Å². The average molecular weight is 263 g/mol. The van der Waals surface area contributed by atoms with Crippen molar-refractivity contribution in [3.63, 3.8) is 0 Å². The van der Waals surface area contributed by atoms with Crippen molar-refractivity contribution >= 4 is 14.7 Å². The molecular formula is C11H25NO4Si. The summed E-state index contributed by atoms with van der Waals surface area (Å²) in [7, 11) is 2.28. The van der Waals surface area contributed by atoms with Crippen LogP contribution in [0.1, 0.15) is 27.2 Å². The molecule has 1 N–H and O–H groups in total. The van der Waals surface area contributed by atoms with Crippen LogP contribution in [0, 0.1) is 5.41 Å². The maximum atomic E-state index is 11.6. The first-order valence-corrected chi connectivity index (χ1v) is 7.68. The van der Waals surface area contributed by atoms with Crippen molar-refractivity contribution in [2.45, 2.75) is 33.2 Å². The molecule has 0 radical (unpaired) electrons. The second-order valence-corrected chi connectivity index (χ2v) is 8.00. The number of hydrogen-bond acceptors (Lipinski definition) is 4. The van der Waals surface area contributed by atoms with Crippen molar-refractivity contribution in [1.29, 1.82) is 0 Å². The Labute approximate surface area is 105 Å². The van der Waals surface area contributed by atoms with Crippen molar-refractivity contribution < 1.29 is 18.1 Å². The van der Waals surface area contributed by atoms with Gasteiger partial charge in [-0.2, -0.15) is 0 Å². The lowest BCUT2D eigenvalue weighted by Crippen LogP contribution is -2.43. The maximum Gasteiger partial charge on any atom is 0.500 e. The normalized spacial score (nSPS) is 12.6. The largest absolute Gasteiger partial charge is 0.500 e. The molecule has 0 rings (SSSR count). The smallest absolute Gasteiger partial charge is 0.377 e. The molecule has 102 valence electrons. The SMILES string of the molecule is CO[Si](CCCNC(=O)C(C)(C)C)(OC)OC. The van der Waals surface area contributed by atoms with E-state index in [2.05, 4.69) is 5.32 Å². The van der Waals surface area contributed by atoms with E-state index in [4.69, 9.17) is 13.3 Å². The van der Waals surface area contributed by atoms with Gasteiger partial charge in [0.05, 0.1) is 0 Å². The van der Waals surface area contributed by atoms with Crippen molar-refractivity contribution in [3.8, 4) is 0 Å². The van der Waals surface area contributed by atoms with Gasteiger partial charge >= 0.3 is 8.80 Å². The monoisotopic (exact) mass is 263 g/mol. The third kappa shape index (κ3) is 5.63. The predicted octanol–water partition coefficient (Wildman–Crippen LogP) is 1.42. The van der Waals surface area contributed by atoms with Gasteiger partial charge < -0.3 is 18.6 Å². The van der Waals surface area contributed by atoms with Crippen LogP contribution in [-0.4, -0.2) is 42.6 Å². The van der Waals surface area contributed by atoms with Crippen LogP contribution < -0.4 is 5.32 Å². The van der Waals surface area contributed by atoms with Crippen molar-refractivity contribution in [2.24, 2.45) is 5.41 Å². The molecule has 0 spiro atoms. The highest BCUT2D eigenvalue weighted by atomic mass is 28.4. The van der Waals surface area contributed by atoms with E-state index in [-0.39, 0.29) is 11.3 Å². The molecule has 0 atom stereocenters. The molecule has 0 aliphatic heterocycles. The molecule has 5 nitrogen and oxygen atoms in total. The minimum Gasteiger partial charge on any atom is -0.377 e. The number of rotatable bonds is 7. The molecule has 0 saturated carbocycles. The van der Waals surface area contributed by atoms with Gasteiger partial charge in [-0.1, -0.05) is 20.8 Å². The zero-order valence-electron chi connectivity index (χ0n) is 11.8. The van der Waals surface area contributed by atoms with Gasteiger partial charge in [0, 0.05) is 39.3 Å². The molecule has 0 unspecified atom stereocenters. The fourth-order valence-corrected chi connectivity index (χ4v) is 3.05. The van der Waals surface area contributed by atoms with Crippen molar-refractivity contribution in [2.75, 3.05) is 27.9 Å². The van der Waals surface area contributed by atoms with E-state index in [0.29, 0.717) is 12.6 Å². The average Bonchev–Trinajstić information content (AvgIpc) is 2.29. The standard InChI is InChI=1S/C11H25NO4Si/c1-11(2,3)10(13)12-8-7-9-17(14-4,15-5)16-6/h7-9H2,1-6H3,(H,12,13). The maximum absolute atomic E-state index is 11.6. The van der Waals surface area contributed by atoms with Gasteiger partial charge in [0.25, 0.3) is 0 Å². The summed E-state index contributed by atoms with van der Waals surface area (Å²) in [6.45, 7) is 6.28. The first kappa shape index (κ1) is 16.6. The first-order valence-electron chi connectivity index (χ1n) is 5.75. The van der Waals surface area contributed by atoms with Gasteiger partial charge in [-0.25, -0.2) is 0 Å². The van der Waals surface area contributed by atoms with Crippen LogP contribution in [0.3, 0.4) is 0 Å². The lowest BCUT2D eigenvalue weighted by molar-refractivity contribution is -0.128. The van der Waals surface area contributed by atoms with E-state index in [1.54, 1.807) is 21.3 Å². The van der Waals surface area contributed by atoms with Gasteiger partial charge in [0.1, 0.15) is 0 Å². The highest BCUT2D eigenvalue weighted by Gasteiger charge is 2.36. The van der Waals surface area contributed by atoms with E-state index < -0.39 is 8.80 Å². The fraction of sp³-hybridized carbons (Fsp3) is 0.909. The quantitative estimate of drug-likeness (QED) is 0.557. The van der Waals surface area contributed by atoms with Crippen LogP contribution in [0.5, 0.6) is 0 Å². The summed E-state index contributed by atoms with van der Waals surface area (Å²) in [6, 6.07) is 0.695. The van der Waals surface area contributed by atoms with Crippen molar-refractivity contribution in [1.82, 2.24) is 5.32 Å². The summed E-state index contributed by atoms with van der Waals surface area (Å²) in [5.41, 5.74) is -0.349. The summed E-state index contributed by atoms with van der Waals surface area (Å²) in [4.78, 5) is 11.6. The van der Waals surface area contributed by atoms with E-state index in [0.717, 1.165) is 6.42 Å². The minimum absolute atomic E-state index is 0.0528. The molecule has 0 aromatic rings. The fourth-order valence-electron chi connectivity index (χ4n) is 1.33. The summed E-state index contributed by atoms with van der Waals surface area (Å²) in [6.07, 6.45) is 0.781. The predicted molar refractivity (Wildman–Crippen MR) is 68.7 cm³/mol. The van der Waals surface area contributed by atoms with Gasteiger partial charge in [-0.15, -0.1) is 0 Å². The summed E-state index contributed by atoms with van der Waals surface area (Å²) < 4.78 is 15.9. The molecule has 0 fully saturated rings. The molecule has 0 saturated heterocycles. The van der Waals surface area contributed by atoms with Crippen LogP contribution >= 0.6 is 0 Å². The molecule has 0 aliphatic rings. The van der Waals surface area contributed by atoms with E-state index in [1.807, 2.05) is 20.8 Å². The number of amides is 1. The molecule has 6 heteroatoms. The zero-order chi connectivity index (χ0) is 13.5. The molecule has 0 bridgehead atoms. The lowest BCUT2D eigenvalue weighted by Gasteiger charge is -2.24. The zero-order valence-corrected chi connectivity index (χ0v) is 12.8. The summed E-state index contributed by atoms with van der Waals surface area (Å²) in [5.74, 6) is 0.0528. The summed E-state index contributed by atoms with van der Waals surface area (Å²) >= 11 is 0. The van der Waals surface area contributed by atoms with Crippen LogP contribution in [0.4, 0.5) is 0 Å². The molecule has 17 heavy (non-hydrogen) atoms. The molecule has 0 aromatic heterocycles. The minimum atomic E-state index is -2.49. The topological polar surface area (TPSA) is 56.8 Å². The Kier molecular flexibility index (Phi) is 6.92. The molecular weight excluding hydrogens is 238 g/mol. The van der Waals surface area contributed by atoms with Gasteiger partial charge in [0.15, 0.2) is 0 Å². The van der Waals surface area contributed by atoms with Gasteiger partial charge in [-0.3, -0.25) is 4.79 Å². The highest BCUT2D eigenvalue weighted by Crippen LogP contribution is 2.15. The number of nitrogens with one attached hydrogen (secondary N) is 1. The molecule has 1 amide bonds. The number of hydrogen-bond donors (Lipinski definition) is 1. The highest BCUT2D eigenvalue weighted by molar-refractivity contribution is 6.60. The van der Waals surface area contributed by atoms with E-state index in [1.165, 1.54) is 0 Å². The van der Waals surface area contributed by atoms with Crippen LogP contribution in [0.2, 0.25) is 6.04 Å². The first-order chi connectivity index (χ1) is 7.81. The second kappa shape index (κ2) is 7.10. The molecule has 0 aromatic carbocycles. The Morgan fingerprint density at radius 3 is 1.94 bits per heavy atom. The number of carbonyl (C=O) groups is 1. The van der Waals surface area contributed by atoms with E-state index >= 15 is 0 Å². The van der Waals surface area contributed by atoms with E-state index in [9.17, 15) is 4.79 Å². The Morgan fingerprint density at radius 1 is 1.12 bits per heavy atom. The molecule has 0 aliphatic carbocycles. The van der Waals surface area contributed by atoms with Crippen LogP contribution in [0.15, 0.2) is 0 Å². The second-order valence-electron chi connectivity index (χ2n) is 4.90.